The molecule has 2 aromatic rings. The molecule has 0 unspecified atom stereocenters. The molecular weight excluding hydrogens is 292 g/mol. The second-order valence-corrected chi connectivity index (χ2v) is 6.06. The first-order valence-corrected chi connectivity index (χ1v) is 7.69. The van der Waals surface area contributed by atoms with Gasteiger partial charge in [-0.15, -0.1) is 0 Å². The molecule has 1 N–H and O–H groups in total. The third kappa shape index (κ3) is 2.86. The molecule has 1 fully saturated rings. The number of nitrogens with one attached hydrogen (secondary N) is 1. The Bertz CT molecular complexity index is 727. The van der Waals surface area contributed by atoms with Crippen LogP contribution < -0.4 is 10.2 Å². The summed E-state index contributed by atoms with van der Waals surface area (Å²) in [5.41, 5.74) is 4.73. The standard InChI is InChI=1S/C18H20N2O3/c1-11-8-12(2)16(13(3)9-11)20-6-4-15(18(20)22)19-17(21)14-5-7-23-10-14/h5,7-10,15H,4,6H2,1-3H3,(H,19,21)/t15-/m1/s1. The lowest BCUT2D eigenvalue weighted by molar-refractivity contribution is -0.118. The second kappa shape index (κ2) is 5.91. The molecule has 0 bridgehead atoms. The van der Waals surface area contributed by atoms with E-state index in [2.05, 4.69) is 17.4 Å². The molecule has 5 nitrogen and oxygen atoms in total. The van der Waals surface area contributed by atoms with E-state index < -0.39 is 6.04 Å². The zero-order chi connectivity index (χ0) is 16.6. The van der Waals surface area contributed by atoms with E-state index in [-0.39, 0.29) is 11.8 Å². The monoisotopic (exact) mass is 312 g/mol. The van der Waals surface area contributed by atoms with Crippen LogP contribution in [0, 0.1) is 20.8 Å². The Labute approximate surface area is 135 Å². The first-order chi connectivity index (χ1) is 11.0. The molecule has 1 aromatic heterocycles. The summed E-state index contributed by atoms with van der Waals surface area (Å²) in [6.45, 7) is 6.68. The highest BCUT2D eigenvalue weighted by molar-refractivity contribution is 6.04. The number of carbonyl (C=O) groups excluding carboxylic acids is 2. The first kappa shape index (κ1) is 15.3. The molecule has 2 amide bonds. The molecule has 5 heteroatoms. The second-order valence-electron chi connectivity index (χ2n) is 6.06. The molecule has 3 rings (SSSR count). The molecule has 0 spiro atoms. The summed E-state index contributed by atoms with van der Waals surface area (Å²) in [5, 5.41) is 2.79. The molecule has 2 heterocycles. The van der Waals surface area contributed by atoms with Crippen LogP contribution in [0.25, 0.3) is 0 Å². The van der Waals surface area contributed by atoms with Gasteiger partial charge < -0.3 is 14.6 Å². The smallest absolute Gasteiger partial charge is 0.255 e. The van der Waals surface area contributed by atoms with Crippen LogP contribution in [0.3, 0.4) is 0 Å². The van der Waals surface area contributed by atoms with Crippen LogP contribution >= 0.6 is 0 Å². The lowest BCUT2D eigenvalue weighted by Crippen LogP contribution is -2.41. The van der Waals surface area contributed by atoms with Crippen molar-refractivity contribution in [1.82, 2.24) is 5.32 Å². The van der Waals surface area contributed by atoms with Crippen molar-refractivity contribution in [3.63, 3.8) is 0 Å². The van der Waals surface area contributed by atoms with Crippen LogP contribution in [-0.2, 0) is 4.79 Å². The fourth-order valence-corrected chi connectivity index (χ4v) is 3.27. The zero-order valence-corrected chi connectivity index (χ0v) is 13.6. The molecule has 0 saturated carbocycles. The van der Waals surface area contributed by atoms with Gasteiger partial charge in [0, 0.05) is 12.2 Å². The lowest BCUT2D eigenvalue weighted by atomic mass is 10.0. The summed E-state index contributed by atoms with van der Waals surface area (Å²) in [6.07, 6.45) is 3.42. The Morgan fingerprint density at radius 1 is 1.26 bits per heavy atom. The molecule has 1 aliphatic rings. The molecular formula is C18H20N2O3. The number of hydrogen-bond acceptors (Lipinski definition) is 3. The molecule has 23 heavy (non-hydrogen) atoms. The van der Waals surface area contributed by atoms with E-state index in [9.17, 15) is 9.59 Å². The quantitative estimate of drug-likeness (QED) is 0.948. The van der Waals surface area contributed by atoms with Gasteiger partial charge in [-0.25, -0.2) is 0 Å². The van der Waals surface area contributed by atoms with Crippen molar-refractivity contribution >= 4 is 17.5 Å². The van der Waals surface area contributed by atoms with Gasteiger partial charge in [0.1, 0.15) is 12.3 Å². The summed E-state index contributed by atoms with van der Waals surface area (Å²) in [5.74, 6) is -0.340. The summed E-state index contributed by atoms with van der Waals surface area (Å²) < 4.78 is 4.90. The maximum Gasteiger partial charge on any atom is 0.255 e. The Balaban J connectivity index is 1.78. The van der Waals surface area contributed by atoms with Crippen molar-refractivity contribution in [2.24, 2.45) is 0 Å². The van der Waals surface area contributed by atoms with Crippen molar-refractivity contribution in [3.8, 4) is 0 Å². The number of benzene rings is 1. The topological polar surface area (TPSA) is 62.6 Å². The molecule has 1 aromatic carbocycles. The van der Waals surface area contributed by atoms with E-state index in [0.717, 1.165) is 16.8 Å². The fraction of sp³-hybridized carbons (Fsp3) is 0.333. The number of hydrogen-bond donors (Lipinski definition) is 1. The van der Waals surface area contributed by atoms with Crippen molar-refractivity contribution in [2.75, 3.05) is 11.4 Å². The fourth-order valence-electron chi connectivity index (χ4n) is 3.27. The average Bonchev–Trinajstić information content (AvgIpc) is 3.11. The summed E-state index contributed by atoms with van der Waals surface area (Å²) in [6, 6.07) is 5.25. The summed E-state index contributed by atoms with van der Waals surface area (Å²) in [4.78, 5) is 26.6. The maximum atomic E-state index is 12.7. The minimum absolute atomic E-state index is 0.0584. The number of amides is 2. The first-order valence-electron chi connectivity index (χ1n) is 7.69. The van der Waals surface area contributed by atoms with Gasteiger partial charge in [0.15, 0.2) is 0 Å². The molecule has 0 radical (unpaired) electrons. The van der Waals surface area contributed by atoms with E-state index >= 15 is 0 Å². The highest BCUT2D eigenvalue weighted by Crippen LogP contribution is 2.30. The lowest BCUT2D eigenvalue weighted by Gasteiger charge is -2.22. The van der Waals surface area contributed by atoms with Gasteiger partial charge in [-0.1, -0.05) is 17.7 Å². The average molecular weight is 312 g/mol. The number of anilines is 1. The van der Waals surface area contributed by atoms with E-state index in [0.29, 0.717) is 18.5 Å². The number of rotatable bonds is 3. The van der Waals surface area contributed by atoms with E-state index in [1.165, 1.54) is 18.1 Å². The number of carbonyl (C=O) groups is 2. The van der Waals surface area contributed by atoms with Crippen molar-refractivity contribution in [2.45, 2.75) is 33.2 Å². The highest BCUT2D eigenvalue weighted by atomic mass is 16.3. The normalized spacial score (nSPS) is 17.6. The van der Waals surface area contributed by atoms with Gasteiger partial charge in [-0.2, -0.15) is 0 Å². The molecule has 0 aliphatic carbocycles. The Hall–Kier alpha value is -2.56. The van der Waals surface area contributed by atoms with Crippen LogP contribution in [0.1, 0.15) is 33.5 Å². The number of furan rings is 1. The Morgan fingerprint density at radius 3 is 2.57 bits per heavy atom. The minimum Gasteiger partial charge on any atom is -0.472 e. The predicted molar refractivity (Wildman–Crippen MR) is 87.6 cm³/mol. The van der Waals surface area contributed by atoms with Crippen molar-refractivity contribution in [1.29, 1.82) is 0 Å². The predicted octanol–water partition coefficient (Wildman–Crippen LogP) is 2.74. The van der Waals surface area contributed by atoms with Gasteiger partial charge in [-0.3, -0.25) is 9.59 Å². The van der Waals surface area contributed by atoms with Crippen molar-refractivity contribution < 1.29 is 14.0 Å². The van der Waals surface area contributed by atoms with Gasteiger partial charge in [0.25, 0.3) is 5.91 Å². The van der Waals surface area contributed by atoms with Crippen LogP contribution in [0.4, 0.5) is 5.69 Å². The SMILES string of the molecule is Cc1cc(C)c(N2CC[C@@H](NC(=O)c3ccoc3)C2=O)c(C)c1. The van der Waals surface area contributed by atoms with Gasteiger partial charge in [-0.05, 0) is 44.4 Å². The Kier molecular flexibility index (Phi) is 3.94. The third-order valence-corrected chi connectivity index (χ3v) is 4.20. The zero-order valence-electron chi connectivity index (χ0n) is 13.6. The minimum atomic E-state index is -0.488. The Morgan fingerprint density at radius 2 is 1.96 bits per heavy atom. The summed E-state index contributed by atoms with van der Waals surface area (Å²) >= 11 is 0. The molecule has 1 aliphatic heterocycles. The largest absolute Gasteiger partial charge is 0.472 e. The van der Waals surface area contributed by atoms with Crippen LogP contribution in [0.15, 0.2) is 35.1 Å². The van der Waals surface area contributed by atoms with Gasteiger partial charge >= 0.3 is 0 Å². The highest BCUT2D eigenvalue weighted by Gasteiger charge is 2.35. The molecule has 120 valence electrons. The number of nitrogens with zero attached hydrogens (tertiary/aromatic N) is 1. The van der Waals surface area contributed by atoms with Crippen molar-refractivity contribution in [3.05, 3.63) is 53.0 Å². The van der Waals surface area contributed by atoms with Gasteiger partial charge in [0.2, 0.25) is 5.91 Å². The van der Waals surface area contributed by atoms with E-state index in [1.807, 2.05) is 20.8 Å². The van der Waals surface area contributed by atoms with E-state index in [4.69, 9.17) is 4.42 Å². The number of aryl methyl sites for hydroxylation is 3. The van der Waals surface area contributed by atoms with Gasteiger partial charge in [0.05, 0.1) is 11.8 Å². The van der Waals surface area contributed by atoms with Crippen LogP contribution in [0.2, 0.25) is 0 Å². The molecule has 1 saturated heterocycles. The summed E-state index contributed by atoms with van der Waals surface area (Å²) in [7, 11) is 0. The maximum absolute atomic E-state index is 12.7. The van der Waals surface area contributed by atoms with Crippen LogP contribution in [0.5, 0.6) is 0 Å². The third-order valence-electron chi connectivity index (χ3n) is 4.20. The molecule has 1 atom stereocenters. The van der Waals surface area contributed by atoms with E-state index in [1.54, 1.807) is 11.0 Å². The van der Waals surface area contributed by atoms with Crippen LogP contribution in [-0.4, -0.2) is 24.4 Å².